The smallest absolute Gasteiger partial charge is 0.125 e. The van der Waals surface area contributed by atoms with Crippen molar-refractivity contribution in [3.05, 3.63) is 46.2 Å². The molecular weight excluding hydrogens is 280 g/mol. The van der Waals surface area contributed by atoms with Gasteiger partial charge in [-0.15, -0.1) is 11.3 Å². The monoisotopic (exact) mass is 304 g/mol. The zero-order valence-electron chi connectivity index (χ0n) is 13.2. The van der Waals surface area contributed by atoms with Gasteiger partial charge in [-0.2, -0.15) is 0 Å². The Bertz CT molecular complexity index is 554. The predicted octanol–water partition coefficient (Wildman–Crippen LogP) is 4.06. The maximum Gasteiger partial charge on any atom is 0.125 e. The molecule has 1 aromatic heterocycles. The molecule has 1 atom stereocenters. The van der Waals surface area contributed by atoms with E-state index in [9.17, 15) is 0 Å². The average molecular weight is 304 g/mol. The van der Waals surface area contributed by atoms with Gasteiger partial charge in [0.05, 0.1) is 13.7 Å². The fraction of sp³-hybridized carbons (Fsp3) is 0.412. The molecule has 1 N–H and O–H groups in total. The van der Waals surface area contributed by atoms with Crippen molar-refractivity contribution in [2.24, 2.45) is 0 Å². The highest BCUT2D eigenvalue weighted by atomic mass is 32.1. The van der Waals surface area contributed by atoms with Crippen LogP contribution in [0.3, 0.4) is 0 Å². The van der Waals surface area contributed by atoms with Gasteiger partial charge in [-0.25, -0.2) is 0 Å². The molecule has 2 rings (SSSR count). The molecule has 0 amide bonds. The Morgan fingerprint density at radius 3 is 2.67 bits per heavy atom. The minimum Gasteiger partial charge on any atom is -0.496 e. The first-order chi connectivity index (χ1) is 10.2. The Morgan fingerprint density at radius 1 is 1.29 bits per heavy atom. The summed E-state index contributed by atoms with van der Waals surface area (Å²) in [7, 11) is 3.72. The largest absolute Gasteiger partial charge is 0.496 e. The molecule has 0 saturated carbocycles. The maximum absolute atomic E-state index is 5.57. The lowest BCUT2D eigenvalue weighted by Gasteiger charge is -2.28. The van der Waals surface area contributed by atoms with Gasteiger partial charge in [0.2, 0.25) is 0 Å². The Balaban J connectivity index is 2.40. The van der Waals surface area contributed by atoms with Crippen LogP contribution in [-0.4, -0.2) is 20.7 Å². The molecule has 1 heterocycles. The Hall–Kier alpha value is -1.52. The standard InChI is InChI=1S/C17H24N2OS/c1-5-19(12-14-8-7-11-21-14)15-9-6-10-16(20-4)17(15)13(2)18-3/h6-11,13,18H,5,12H2,1-4H3. The first-order valence-electron chi connectivity index (χ1n) is 7.32. The first-order valence-corrected chi connectivity index (χ1v) is 8.20. The van der Waals surface area contributed by atoms with Gasteiger partial charge in [0.15, 0.2) is 0 Å². The molecule has 4 heteroatoms. The molecule has 0 bridgehead atoms. The van der Waals surface area contributed by atoms with Crippen LogP contribution in [0.2, 0.25) is 0 Å². The summed E-state index contributed by atoms with van der Waals surface area (Å²) in [4.78, 5) is 3.78. The first kappa shape index (κ1) is 15.9. The second kappa shape index (κ2) is 7.48. The number of methoxy groups -OCH3 is 1. The summed E-state index contributed by atoms with van der Waals surface area (Å²) in [6.07, 6.45) is 0. The molecule has 21 heavy (non-hydrogen) atoms. The van der Waals surface area contributed by atoms with Crippen LogP contribution in [0, 0.1) is 0 Å². The number of ether oxygens (including phenoxy) is 1. The molecule has 3 nitrogen and oxygen atoms in total. The van der Waals surface area contributed by atoms with Crippen LogP contribution in [0.1, 0.15) is 30.3 Å². The van der Waals surface area contributed by atoms with Gasteiger partial charge in [0, 0.05) is 28.7 Å². The van der Waals surface area contributed by atoms with Gasteiger partial charge >= 0.3 is 0 Å². The SMILES string of the molecule is CCN(Cc1cccs1)c1cccc(OC)c1C(C)NC. The van der Waals surface area contributed by atoms with Crippen molar-refractivity contribution in [1.29, 1.82) is 0 Å². The summed E-state index contributed by atoms with van der Waals surface area (Å²) in [6.45, 7) is 6.26. The summed E-state index contributed by atoms with van der Waals surface area (Å²) in [6, 6.07) is 10.8. The number of hydrogen-bond acceptors (Lipinski definition) is 4. The van der Waals surface area contributed by atoms with E-state index in [0.29, 0.717) is 0 Å². The molecule has 0 fully saturated rings. The zero-order chi connectivity index (χ0) is 15.2. The molecule has 1 aromatic carbocycles. The Kier molecular flexibility index (Phi) is 5.65. The van der Waals surface area contributed by atoms with Crippen LogP contribution in [0.25, 0.3) is 0 Å². The molecular formula is C17H24N2OS. The van der Waals surface area contributed by atoms with Crippen LogP contribution < -0.4 is 15.0 Å². The van der Waals surface area contributed by atoms with Gasteiger partial charge in [-0.05, 0) is 44.5 Å². The molecule has 1 unspecified atom stereocenters. The Morgan fingerprint density at radius 2 is 2.10 bits per heavy atom. The fourth-order valence-corrected chi connectivity index (χ4v) is 3.24. The van der Waals surface area contributed by atoms with Crippen molar-refractivity contribution in [1.82, 2.24) is 5.32 Å². The van der Waals surface area contributed by atoms with Crippen LogP contribution in [0.5, 0.6) is 5.75 Å². The number of anilines is 1. The molecule has 2 aromatic rings. The lowest BCUT2D eigenvalue weighted by molar-refractivity contribution is 0.404. The van der Waals surface area contributed by atoms with Crippen molar-refractivity contribution >= 4 is 17.0 Å². The lowest BCUT2D eigenvalue weighted by Crippen LogP contribution is -2.25. The molecule has 114 valence electrons. The van der Waals surface area contributed by atoms with Crippen molar-refractivity contribution < 1.29 is 4.74 Å². The van der Waals surface area contributed by atoms with E-state index in [2.05, 4.69) is 53.7 Å². The summed E-state index contributed by atoms with van der Waals surface area (Å²) in [5.41, 5.74) is 2.47. The van der Waals surface area contributed by atoms with Crippen molar-refractivity contribution in [3.8, 4) is 5.75 Å². The predicted molar refractivity (Wildman–Crippen MR) is 91.5 cm³/mol. The quantitative estimate of drug-likeness (QED) is 0.834. The van der Waals surface area contributed by atoms with Crippen LogP contribution in [0.15, 0.2) is 35.7 Å². The minimum absolute atomic E-state index is 0.244. The Labute approximate surface area is 131 Å². The second-order valence-electron chi connectivity index (χ2n) is 5.00. The average Bonchev–Trinajstić information content (AvgIpc) is 3.04. The highest BCUT2D eigenvalue weighted by Crippen LogP contribution is 2.35. The number of nitrogens with zero attached hydrogens (tertiary/aromatic N) is 1. The number of benzene rings is 1. The number of nitrogens with one attached hydrogen (secondary N) is 1. The van der Waals surface area contributed by atoms with E-state index >= 15 is 0 Å². The van der Waals surface area contributed by atoms with E-state index in [1.54, 1.807) is 18.4 Å². The van der Waals surface area contributed by atoms with Crippen molar-refractivity contribution in [2.75, 3.05) is 25.6 Å². The number of thiophene rings is 1. The third-order valence-corrected chi connectivity index (χ3v) is 4.64. The third kappa shape index (κ3) is 3.57. The van der Waals surface area contributed by atoms with Crippen molar-refractivity contribution in [2.45, 2.75) is 26.4 Å². The van der Waals surface area contributed by atoms with E-state index in [1.807, 2.05) is 13.1 Å². The van der Waals surface area contributed by atoms with E-state index in [4.69, 9.17) is 4.74 Å². The second-order valence-corrected chi connectivity index (χ2v) is 6.03. The summed E-state index contributed by atoms with van der Waals surface area (Å²) in [5, 5.41) is 5.46. The van der Waals surface area contributed by atoms with Gasteiger partial charge < -0.3 is 15.0 Å². The normalized spacial score (nSPS) is 12.2. The maximum atomic E-state index is 5.57. The topological polar surface area (TPSA) is 24.5 Å². The summed E-state index contributed by atoms with van der Waals surface area (Å²) in [5.74, 6) is 0.943. The molecule has 0 radical (unpaired) electrons. The van der Waals surface area contributed by atoms with E-state index in [0.717, 1.165) is 18.8 Å². The summed E-state index contributed by atoms with van der Waals surface area (Å²) >= 11 is 1.80. The van der Waals surface area contributed by atoms with E-state index < -0.39 is 0 Å². The van der Waals surface area contributed by atoms with Gasteiger partial charge in [0.25, 0.3) is 0 Å². The number of rotatable bonds is 7. The molecule has 0 aliphatic heterocycles. The van der Waals surface area contributed by atoms with Gasteiger partial charge in [-0.1, -0.05) is 12.1 Å². The number of hydrogen-bond donors (Lipinski definition) is 1. The van der Waals surface area contributed by atoms with Crippen LogP contribution in [0.4, 0.5) is 5.69 Å². The highest BCUT2D eigenvalue weighted by Gasteiger charge is 2.18. The lowest BCUT2D eigenvalue weighted by atomic mass is 10.0. The van der Waals surface area contributed by atoms with Crippen molar-refractivity contribution in [3.63, 3.8) is 0 Å². The van der Waals surface area contributed by atoms with Crippen LogP contribution in [-0.2, 0) is 6.54 Å². The van der Waals surface area contributed by atoms with Gasteiger partial charge in [0.1, 0.15) is 5.75 Å². The van der Waals surface area contributed by atoms with E-state index in [-0.39, 0.29) is 6.04 Å². The fourth-order valence-electron chi connectivity index (χ4n) is 2.52. The summed E-state index contributed by atoms with van der Waals surface area (Å²) < 4.78 is 5.57. The molecule has 0 spiro atoms. The molecule has 0 aliphatic rings. The van der Waals surface area contributed by atoms with Crippen LogP contribution >= 0.6 is 11.3 Å². The third-order valence-electron chi connectivity index (χ3n) is 3.78. The highest BCUT2D eigenvalue weighted by molar-refractivity contribution is 7.09. The van der Waals surface area contributed by atoms with Gasteiger partial charge in [-0.3, -0.25) is 0 Å². The van der Waals surface area contributed by atoms with E-state index in [1.165, 1.54) is 16.1 Å². The zero-order valence-corrected chi connectivity index (χ0v) is 14.0. The molecule has 0 saturated heterocycles. The minimum atomic E-state index is 0.244. The molecule has 0 aliphatic carbocycles.